The van der Waals surface area contributed by atoms with E-state index in [0.717, 1.165) is 19.3 Å². The minimum absolute atomic E-state index is 0.0470. The van der Waals surface area contributed by atoms with Crippen molar-refractivity contribution in [2.45, 2.75) is 38.7 Å². The van der Waals surface area contributed by atoms with E-state index in [1.807, 2.05) is 13.8 Å². The Hall–Kier alpha value is -0.610. The molecule has 0 amide bonds. The smallest absolute Gasteiger partial charge is 0.309 e. The van der Waals surface area contributed by atoms with Crippen LogP contribution < -0.4 is 0 Å². The van der Waals surface area contributed by atoms with Crippen molar-refractivity contribution >= 4 is 5.97 Å². The molecule has 2 atom stereocenters. The number of carbonyl (C=O) groups is 1. The predicted octanol–water partition coefficient (Wildman–Crippen LogP) is 1.93. The summed E-state index contributed by atoms with van der Waals surface area (Å²) in [5, 5.41) is 9.35. The van der Waals surface area contributed by atoms with Crippen LogP contribution in [0.3, 0.4) is 0 Å². The van der Waals surface area contributed by atoms with Gasteiger partial charge in [-0.05, 0) is 25.2 Å². The standard InChI is InChI=1S/C12H22O4/c1-9(2)10(11(13)14)12(8-15-3)6-4-5-7-16-12/h9-10H,4-8H2,1-3H3,(H,13,14). The molecular formula is C12H22O4. The highest BCUT2D eigenvalue weighted by Gasteiger charge is 2.46. The number of hydrogen-bond donors (Lipinski definition) is 1. The SMILES string of the molecule is COCC1(C(C(=O)O)C(C)C)CCCCO1. The van der Waals surface area contributed by atoms with E-state index in [4.69, 9.17) is 9.47 Å². The van der Waals surface area contributed by atoms with Gasteiger partial charge in [0, 0.05) is 13.7 Å². The van der Waals surface area contributed by atoms with Gasteiger partial charge in [0.2, 0.25) is 0 Å². The zero-order valence-corrected chi connectivity index (χ0v) is 10.4. The van der Waals surface area contributed by atoms with E-state index in [-0.39, 0.29) is 5.92 Å². The highest BCUT2D eigenvalue weighted by molar-refractivity contribution is 5.72. The molecule has 4 nitrogen and oxygen atoms in total. The van der Waals surface area contributed by atoms with Crippen molar-refractivity contribution in [3.05, 3.63) is 0 Å². The molecule has 16 heavy (non-hydrogen) atoms. The summed E-state index contributed by atoms with van der Waals surface area (Å²) in [4.78, 5) is 11.4. The first-order valence-corrected chi connectivity index (χ1v) is 5.89. The minimum atomic E-state index is -0.783. The second kappa shape index (κ2) is 5.64. The van der Waals surface area contributed by atoms with E-state index in [1.54, 1.807) is 7.11 Å². The Labute approximate surface area is 96.9 Å². The van der Waals surface area contributed by atoms with E-state index in [2.05, 4.69) is 0 Å². The first kappa shape index (κ1) is 13.5. The zero-order valence-electron chi connectivity index (χ0n) is 10.4. The molecule has 0 aromatic carbocycles. The average Bonchev–Trinajstić information content (AvgIpc) is 2.17. The van der Waals surface area contributed by atoms with Crippen LogP contribution >= 0.6 is 0 Å². The van der Waals surface area contributed by atoms with Crippen molar-refractivity contribution in [1.82, 2.24) is 0 Å². The van der Waals surface area contributed by atoms with Crippen LogP contribution in [0, 0.1) is 11.8 Å². The molecule has 4 heteroatoms. The Morgan fingerprint density at radius 3 is 2.56 bits per heavy atom. The molecule has 0 aromatic heterocycles. The van der Waals surface area contributed by atoms with Crippen LogP contribution in [0.25, 0.3) is 0 Å². The van der Waals surface area contributed by atoms with E-state index < -0.39 is 17.5 Å². The number of rotatable bonds is 5. The van der Waals surface area contributed by atoms with Crippen molar-refractivity contribution in [3.63, 3.8) is 0 Å². The van der Waals surface area contributed by atoms with Gasteiger partial charge in [-0.15, -0.1) is 0 Å². The summed E-state index contributed by atoms with van der Waals surface area (Å²) in [6.45, 7) is 4.85. The molecule has 1 rings (SSSR count). The summed E-state index contributed by atoms with van der Waals surface area (Å²) >= 11 is 0. The van der Waals surface area contributed by atoms with Gasteiger partial charge in [0.05, 0.1) is 12.5 Å². The van der Waals surface area contributed by atoms with Crippen molar-refractivity contribution in [2.75, 3.05) is 20.3 Å². The van der Waals surface area contributed by atoms with Gasteiger partial charge >= 0.3 is 5.97 Å². The first-order valence-electron chi connectivity index (χ1n) is 5.89. The van der Waals surface area contributed by atoms with Gasteiger partial charge in [-0.25, -0.2) is 0 Å². The lowest BCUT2D eigenvalue weighted by atomic mass is 9.76. The molecule has 0 bridgehead atoms. The Balaban J connectivity index is 2.91. The summed E-state index contributed by atoms with van der Waals surface area (Å²) < 4.78 is 11.0. The summed E-state index contributed by atoms with van der Waals surface area (Å²) in [6.07, 6.45) is 2.80. The molecule has 2 unspecified atom stereocenters. The van der Waals surface area contributed by atoms with Crippen LogP contribution in [0.2, 0.25) is 0 Å². The second-order valence-corrected chi connectivity index (χ2v) is 4.86. The van der Waals surface area contributed by atoms with Crippen molar-refractivity contribution in [3.8, 4) is 0 Å². The lowest BCUT2D eigenvalue weighted by molar-refractivity contribution is -0.182. The second-order valence-electron chi connectivity index (χ2n) is 4.86. The highest BCUT2D eigenvalue weighted by atomic mass is 16.5. The summed E-state index contributed by atoms with van der Waals surface area (Å²) in [5.41, 5.74) is -0.632. The molecule has 1 N–H and O–H groups in total. The molecule has 1 aliphatic heterocycles. The van der Waals surface area contributed by atoms with Gasteiger partial charge in [0.25, 0.3) is 0 Å². The lowest BCUT2D eigenvalue weighted by Crippen LogP contribution is -2.52. The number of carboxylic acids is 1. The Morgan fingerprint density at radius 1 is 1.50 bits per heavy atom. The van der Waals surface area contributed by atoms with E-state index in [9.17, 15) is 9.90 Å². The van der Waals surface area contributed by atoms with Crippen molar-refractivity contribution in [1.29, 1.82) is 0 Å². The van der Waals surface area contributed by atoms with Crippen LogP contribution in [-0.2, 0) is 14.3 Å². The van der Waals surface area contributed by atoms with Crippen molar-refractivity contribution < 1.29 is 19.4 Å². The normalized spacial score (nSPS) is 28.0. The number of methoxy groups -OCH3 is 1. The predicted molar refractivity (Wildman–Crippen MR) is 60.4 cm³/mol. The summed E-state index contributed by atoms with van der Waals surface area (Å²) in [7, 11) is 1.60. The van der Waals surface area contributed by atoms with Crippen LogP contribution in [-0.4, -0.2) is 37.0 Å². The quantitative estimate of drug-likeness (QED) is 0.784. The molecule has 0 radical (unpaired) electrons. The molecular weight excluding hydrogens is 208 g/mol. The Bertz CT molecular complexity index is 226. The summed E-state index contributed by atoms with van der Waals surface area (Å²) in [6, 6.07) is 0. The number of hydrogen-bond acceptors (Lipinski definition) is 3. The topological polar surface area (TPSA) is 55.8 Å². The minimum Gasteiger partial charge on any atom is -0.481 e. The fraction of sp³-hybridized carbons (Fsp3) is 0.917. The fourth-order valence-corrected chi connectivity index (χ4v) is 2.68. The lowest BCUT2D eigenvalue weighted by Gasteiger charge is -2.42. The molecule has 0 saturated carbocycles. The van der Waals surface area contributed by atoms with Crippen LogP contribution in [0.4, 0.5) is 0 Å². The van der Waals surface area contributed by atoms with E-state index in [0.29, 0.717) is 13.2 Å². The average molecular weight is 230 g/mol. The number of aliphatic carboxylic acids is 1. The molecule has 1 heterocycles. The maximum atomic E-state index is 11.4. The summed E-state index contributed by atoms with van der Waals surface area (Å²) in [5.74, 6) is -1.23. The largest absolute Gasteiger partial charge is 0.481 e. The molecule has 0 spiro atoms. The van der Waals surface area contributed by atoms with Gasteiger partial charge in [-0.2, -0.15) is 0 Å². The monoisotopic (exact) mass is 230 g/mol. The number of ether oxygens (including phenoxy) is 2. The zero-order chi connectivity index (χ0) is 12.2. The van der Waals surface area contributed by atoms with Crippen LogP contribution in [0.5, 0.6) is 0 Å². The van der Waals surface area contributed by atoms with Gasteiger partial charge < -0.3 is 14.6 Å². The van der Waals surface area contributed by atoms with Crippen LogP contribution in [0.1, 0.15) is 33.1 Å². The molecule has 1 aliphatic rings. The molecule has 0 aromatic rings. The Kier molecular flexibility index (Phi) is 4.74. The maximum absolute atomic E-state index is 11.4. The third-order valence-corrected chi connectivity index (χ3v) is 3.27. The molecule has 1 saturated heterocycles. The van der Waals surface area contributed by atoms with E-state index >= 15 is 0 Å². The van der Waals surface area contributed by atoms with Gasteiger partial charge in [0.15, 0.2) is 0 Å². The van der Waals surface area contributed by atoms with Crippen LogP contribution in [0.15, 0.2) is 0 Å². The molecule has 0 aliphatic carbocycles. The number of carboxylic acid groups (broad SMARTS) is 1. The van der Waals surface area contributed by atoms with Gasteiger partial charge in [-0.1, -0.05) is 13.8 Å². The third-order valence-electron chi connectivity index (χ3n) is 3.27. The molecule has 1 fully saturated rings. The van der Waals surface area contributed by atoms with Gasteiger partial charge in [-0.3, -0.25) is 4.79 Å². The maximum Gasteiger partial charge on any atom is 0.309 e. The van der Waals surface area contributed by atoms with E-state index in [1.165, 1.54) is 0 Å². The highest BCUT2D eigenvalue weighted by Crippen LogP contribution is 2.36. The third kappa shape index (κ3) is 2.74. The molecule has 94 valence electrons. The Morgan fingerprint density at radius 2 is 2.19 bits per heavy atom. The van der Waals surface area contributed by atoms with Gasteiger partial charge in [0.1, 0.15) is 5.60 Å². The van der Waals surface area contributed by atoms with Crippen molar-refractivity contribution in [2.24, 2.45) is 11.8 Å². The fourth-order valence-electron chi connectivity index (χ4n) is 2.68. The first-order chi connectivity index (χ1) is 7.53.